The van der Waals surface area contributed by atoms with Crippen LogP contribution in [0.25, 0.3) is 0 Å². The summed E-state index contributed by atoms with van der Waals surface area (Å²) in [5, 5.41) is 12.6. The van der Waals surface area contributed by atoms with Crippen molar-refractivity contribution in [1.29, 1.82) is 0 Å². The van der Waals surface area contributed by atoms with Crippen molar-refractivity contribution in [1.82, 2.24) is 10.2 Å². The summed E-state index contributed by atoms with van der Waals surface area (Å²) in [5.41, 5.74) is 2.82. The molecule has 220 valence electrons. The molecule has 1 aliphatic heterocycles. The number of rotatable bonds is 9. The van der Waals surface area contributed by atoms with Crippen molar-refractivity contribution < 1.29 is 24.2 Å². The molecule has 0 bridgehead atoms. The summed E-state index contributed by atoms with van der Waals surface area (Å²) in [7, 11) is 0. The maximum absolute atomic E-state index is 13.5. The first-order valence-corrected chi connectivity index (χ1v) is 14.7. The highest BCUT2D eigenvalue weighted by Crippen LogP contribution is 2.24. The largest absolute Gasteiger partial charge is 0.455 e. The van der Waals surface area contributed by atoms with Gasteiger partial charge in [-0.3, -0.25) is 14.4 Å². The zero-order valence-electron chi connectivity index (χ0n) is 23.9. The van der Waals surface area contributed by atoms with Crippen LogP contribution in [-0.4, -0.2) is 47.5 Å². The Hall–Kier alpha value is -4.23. The molecule has 0 unspecified atom stereocenters. The van der Waals surface area contributed by atoms with Crippen LogP contribution >= 0.6 is 0 Å². The third-order valence-corrected chi connectivity index (χ3v) is 7.55. The molecule has 0 aliphatic carbocycles. The lowest BCUT2D eigenvalue weighted by Gasteiger charge is -2.25. The van der Waals surface area contributed by atoms with Crippen LogP contribution in [0.15, 0.2) is 103 Å². The van der Waals surface area contributed by atoms with Crippen molar-refractivity contribution in [2.24, 2.45) is 11.8 Å². The van der Waals surface area contributed by atoms with Gasteiger partial charge >= 0.3 is 5.97 Å². The van der Waals surface area contributed by atoms with Gasteiger partial charge in [-0.05, 0) is 42.4 Å². The highest BCUT2D eigenvalue weighted by atomic mass is 16.5. The van der Waals surface area contributed by atoms with Crippen molar-refractivity contribution in [3.63, 3.8) is 0 Å². The van der Waals surface area contributed by atoms with Crippen molar-refractivity contribution in [3.05, 3.63) is 120 Å². The summed E-state index contributed by atoms with van der Waals surface area (Å²) < 4.78 is 6.06. The molecule has 42 heavy (non-hydrogen) atoms. The minimum Gasteiger partial charge on any atom is -0.455 e. The molecule has 0 aromatic heterocycles. The molecule has 3 aromatic carbocycles. The molecule has 7 heteroatoms. The molecule has 3 atom stereocenters. The average molecular weight is 569 g/mol. The minimum absolute atomic E-state index is 0.00936. The van der Waals surface area contributed by atoms with Gasteiger partial charge < -0.3 is 20.1 Å². The summed E-state index contributed by atoms with van der Waals surface area (Å²) in [4.78, 5) is 41.9. The monoisotopic (exact) mass is 568 g/mol. The molecule has 7 nitrogen and oxygen atoms in total. The third-order valence-electron chi connectivity index (χ3n) is 7.55. The molecule has 0 fully saturated rings. The average Bonchev–Trinajstić information content (AvgIpc) is 3.03. The van der Waals surface area contributed by atoms with Crippen LogP contribution < -0.4 is 5.32 Å². The number of ether oxygens (including phenoxy) is 1. The van der Waals surface area contributed by atoms with E-state index in [9.17, 15) is 19.5 Å². The fraction of sp³-hybridized carbons (Fsp3) is 0.343. The molecule has 2 amide bonds. The fourth-order valence-electron chi connectivity index (χ4n) is 5.19. The summed E-state index contributed by atoms with van der Waals surface area (Å²) >= 11 is 0. The molecule has 0 spiro atoms. The predicted octanol–water partition coefficient (Wildman–Crippen LogP) is 5.01. The van der Waals surface area contributed by atoms with Gasteiger partial charge in [0.15, 0.2) is 0 Å². The quantitative estimate of drug-likeness (QED) is 0.279. The molecule has 1 heterocycles. The molecule has 2 N–H and O–H groups in total. The number of carbonyl (C=O) groups excluding carboxylic acids is 3. The Balaban J connectivity index is 1.52. The number of aliphatic hydroxyl groups is 1. The molecular formula is C35H40N2O5. The smallest absolute Gasteiger partial charge is 0.309 e. The SMILES string of the molecule is O=C1NC[C@H](c2ccccc2)OC(=O)[C@@H](Cc2ccccc2)CCC=CC[C@@H]1CC(=O)N(CCO)Cc1ccccc1. The first-order chi connectivity index (χ1) is 20.5. The lowest BCUT2D eigenvalue weighted by molar-refractivity contribution is -0.155. The van der Waals surface area contributed by atoms with E-state index in [4.69, 9.17) is 4.74 Å². The van der Waals surface area contributed by atoms with Crippen molar-refractivity contribution in [2.45, 2.75) is 44.8 Å². The number of hydrogen-bond donors (Lipinski definition) is 2. The second-order valence-electron chi connectivity index (χ2n) is 10.7. The van der Waals surface area contributed by atoms with Gasteiger partial charge in [0.25, 0.3) is 0 Å². The molecule has 0 saturated heterocycles. The van der Waals surface area contributed by atoms with Crippen LogP contribution in [-0.2, 0) is 32.1 Å². The van der Waals surface area contributed by atoms with Crippen LogP contribution in [0.3, 0.4) is 0 Å². The Morgan fingerprint density at radius 3 is 2.17 bits per heavy atom. The number of allylic oxidation sites excluding steroid dienone is 2. The van der Waals surface area contributed by atoms with Gasteiger partial charge in [0.05, 0.1) is 25.0 Å². The van der Waals surface area contributed by atoms with E-state index in [1.165, 1.54) is 0 Å². The number of nitrogens with zero attached hydrogens (tertiary/aromatic N) is 1. The van der Waals surface area contributed by atoms with Gasteiger partial charge in [-0.1, -0.05) is 103 Å². The van der Waals surface area contributed by atoms with Gasteiger partial charge in [-0.2, -0.15) is 0 Å². The van der Waals surface area contributed by atoms with Gasteiger partial charge in [0, 0.05) is 19.5 Å². The van der Waals surface area contributed by atoms with E-state index in [0.717, 1.165) is 16.7 Å². The molecule has 1 aliphatic rings. The first kappa shape index (κ1) is 30.7. The van der Waals surface area contributed by atoms with Gasteiger partial charge in [0.2, 0.25) is 11.8 Å². The number of benzene rings is 3. The van der Waals surface area contributed by atoms with Crippen LogP contribution in [0.4, 0.5) is 0 Å². The number of nitrogens with one attached hydrogen (secondary N) is 1. The Morgan fingerprint density at radius 1 is 0.857 bits per heavy atom. The van der Waals surface area contributed by atoms with Crippen LogP contribution in [0, 0.1) is 11.8 Å². The molecule has 0 saturated carbocycles. The number of aliphatic hydroxyl groups excluding tert-OH is 1. The number of carbonyl (C=O) groups is 3. The van der Waals surface area contributed by atoms with Crippen molar-refractivity contribution in [2.75, 3.05) is 19.7 Å². The van der Waals surface area contributed by atoms with Gasteiger partial charge in [-0.15, -0.1) is 0 Å². The fourth-order valence-corrected chi connectivity index (χ4v) is 5.19. The Morgan fingerprint density at radius 2 is 1.50 bits per heavy atom. The lowest BCUT2D eigenvalue weighted by Crippen LogP contribution is -2.39. The first-order valence-electron chi connectivity index (χ1n) is 14.7. The van der Waals surface area contributed by atoms with Crippen LogP contribution in [0.5, 0.6) is 0 Å². The molecule has 4 rings (SSSR count). The zero-order chi connectivity index (χ0) is 29.6. The van der Waals surface area contributed by atoms with E-state index in [1.54, 1.807) is 4.90 Å². The summed E-state index contributed by atoms with van der Waals surface area (Å²) in [5.74, 6) is -1.68. The Labute approximate surface area is 248 Å². The van der Waals surface area contributed by atoms with E-state index >= 15 is 0 Å². The van der Waals surface area contributed by atoms with E-state index in [-0.39, 0.29) is 49.8 Å². The van der Waals surface area contributed by atoms with Crippen molar-refractivity contribution >= 4 is 17.8 Å². The van der Waals surface area contributed by atoms with E-state index in [1.807, 2.05) is 103 Å². The normalized spacial score (nSPS) is 19.9. The number of cyclic esters (lactones) is 1. The summed E-state index contributed by atoms with van der Waals surface area (Å²) in [6, 6.07) is 28.9. The van der Waals surface area contributed by atoms with Crippen molar-refractivity contribution in [3.8, 4) is 0 Å². The predicted molar refractivity (Wildman–Crippen MR) is 162 cm³/mol. The van der Waals surface area contributed by atoms with E-state index in [0.29, 0.717) is 32.2 Å². The van der Waals surface area contributed by atoms with Gasteiger partial charge in [-0.25, -0.2) is 0 Å². The third kappa shape index (κ3) is 9.42. The van der Waals surface area contributed by atoms with Crippen LogP contribution in [0.1, 0.15) is 48.5 Å². The standard InChI is InChI=1S/C35H40N2O5/c38-22-21-37(26-28-15-7-2-8-16-28)33(39)24-30-19-11-4-12-20-31(23-27-13-5-1-6-14-27)35(41)42-32(25-36-34(30)40)29-17-9-3-10-18-29/h1-11,13-18,30-32,38H,12,19-26H2,(H,36,40)/t30-,31-,32-/m1/s1. The number of esters is 1. The maximum Gasteiger partial charge on any atom is 0.309 e. The molecule has 0 radical (unpaired) electrons. The molecule has 3 aromatic rings. The highest BCUT2D eigenvalue weighted by molar-refractivity contribution is 5.86. The van der Waals surface area contributed by atoms with E-state index in [2.05, 4.69) is 5.32 Å². The summed E-state index contributed by atoms with van der Waals surface area (Å²) in [6.45, 7) is 0.487. The van der Waals surface area contributed by atoms with Crippen LogP contribution in [0.2, 0.25) is 0 Å². The maximum atomic E-state index is 13.5. The Bertz CT molecular complexity index is 1300. The second kappa shape index (κ2) is 16.3. The topological polar surface area (TPSA) is 95.9 Å². The van der Waals surface area contributed by atoms with E-state index < -0.39 is 12.0 Å². The summed E-state index contributed by atoms with van der Waals surface area (Å²) in [6.07, 6.45) is 5.49. The minimum atomic E-state index is -0.657. The Kier molecular flexibility index (Phi) is 11.9. The zero-order valence-corrected chi connectivity index (χ0v) is 23.9. The number of amides is 2. The highest BCUT2D eigenvalue weighted by Gasteiger charge is 2.28. The van der Waals surface area contributed by atoms with Gasteiger partial charge in [0.1, 0.15) is 6.10 Å². The molecular weight excluding hydrogens is 528 g/mol. The lowest BCUT2D eigenvalue weighted by atomic mass is 9.94. The second-order valence-corrected chi connectivity index (χ2v) is 10.7. The number of hydrogen-bond acceptors (Lipinski definition) is 5.